The van der Waals surface area contributed by atoms with Gasteiger partial charge < -0.3 is 0 Å². The molecule has 0 saturated heterocycles. The van der Waals surface area contributed by atoms with Crippen LogP contribution in [0.4, 0.5) is 8.78 Å². The van der Waals surface area contributed by atoms with Crippen molar-refractivity contribution in [2.24, 2.45) is 0 Å². The topological polar surface area (TPSA) is 12.9 Å². The second kappa shape index (κ2) is 4.97. The summed E-state index contributed by atoms with van der Waals surface area (Å²) in [6, 6.07) is 2.36. The number of nitrogens with zero attached hydrogens (tertiary/aromatic N) is 1. The fraction of sp³-hybridized carbons (Fsp3) is 0.222. The summed E-state index contributed by atoms with van der Waals surface area (Å²) in [5, 5.41) is 0. The molecule has 0 amide bonds. The molecule has 1 aromatic heterocycles. The van der Waals surface area contributed by atoms with E-state index in [4.69, 9.17) is 0 Å². The molecular formula is C9H9F2NS. The summed E-state index contributed by atoms with van der Waals surface area (Å²) in [5.41, 5.74) is 0.479. The number of hydrogen-bond donors (Lipinski definition) is 1. The summed E-state index contributed by atoms with van der Waals surface area (Å²) in [6.45, 7) is 0. The van der Waals surface area contributed by atoms with Gasteiger partial charge in [-0.1, -0.05) is 12.2 Å². The summed E-state index contributed by atoms with van der Waals surface area (Å²) >= 11 is 4.00. The van der Waals surface area contributed by atoms with Crippen LogP contribution < -0.4 is 0 Å². The van der Waals surface area contributed by atoms with Crippen molar-refractivity contribution in [3.63, 3.8) is 0 Å². The van der Waals surface area contributed by atoms with E-state index in [2.05, 4.69) is 17.6 Å². The molecule has 0 aliphatic rings. The maximum absolute atomic E-state index is 12.5. The molecule has 0 spiro atoms. The maximum atomic E-state index is 12.5. The van der Waals surface area contributed by atoms with Crippen molar-refractivity contribution < 1.29 is 8.78 Å². The first-order valence-corrected chi connectivity index (χ1v) is 4.46. The van der Waals surface area contributed by atoms with Crippen molar-refractivity contribution in [1.82, 2.24) is 4.98 Å². The average Bonchev–Trinajstić information content (AvgIpc) is 2.03. The number of rotatable bonds is 3. The highest BCUT2D eigenvalue weighted by Gasteiger charge is 1.97. The zero-order valence-electron chi connectivity index (χ0n) is 6.87. The number of allylic oxidation sites excluding steroid dienone is 1. The van der Waals surface area contributed by atoms with Crippen LogP contribution in [0.15, 0.2) is 18.2 Å². The lowest BCUT2D eigenvalue weighted by atomic mass is 10.2. The van der Waals surface area contributed by atoms with Crippen LogP contribution in [0, 0.1) is 11.9 Å². The van der Waals surface area contributed by atoms with Gasteiger partial charge in [0.2, 0.25) is 11.9 Å². The molecule has 4 heteroatoms. The van der Waals surface area contributed by atoms with E-state index in [9.17, 15) is 8.78 Å². The van der Waals surface area contributed by atoms with Crippen LogP contribution in [0.25, 0.3) is 6.08 Å². The minimum atomic E-state index is -0.800. The van der Waals surface area contributed by atoms with Crippen LogP contribution in [0.1, 0.15) is 12.0 Å². The number of pyridine rings is 1. The fourth-order valence-corrected chi connectivity index (χ4v) is 1.02. The van der Waals surface area contributed by atoms with Gasteiger partial charge in [-0.15, -0.1) is 0 Å². The molecule has 0 N–H and O–H groups in total. The third kappa shape index (κ3) is 3.55. The second-order valence-electron chi connectivity index (χ2n) is 2.46. The lowest BCUT2D eigenvalue weighted by Gasteiger charge is -1.93. The summed E-state index contributed by atoms with van der Waals surface area (Å²) in [5.74, 6) is -0.886. The fourth-order valence-electron chi connectivity index (χ4n) is 0.873. The van der Waals surface area contributed by atoms with Crippen LogP contribution in [0.5, 0.6) is 0 Å². The molecule has 0 unspecified atom stereocenters. The van der Waals surface area contributed by atoms with Crippen LogP contribution in [-0.2, 0) is 0 Å². The van der Waals surface area contributed by atoms with Crippen molar-refractivity contribution in [2.45, 2.75) is 6.42 Å². The predicted molar refractivity (Wildman–Crippen MR) is 51.7 cm³/mol. The van der Waals surface area contributed by atoms with E-state index in [-0.39, 0.29) is 0 Å². The van der Waals surface area contributed by atoms with Crippen molar-refractivity contribution >= 4 is 18.7 Å². The largest absolute Gasteiger partial charge is 0.216 e. The van der Waals surface area contributed by atoms with Crippen LogP contribution in [0.2, 0.25) is 0 Å². The van der Waals surface area contributed by atoms with E-state index in [0.29, 0.717) is 11.3 Å². The Morgan fingerprint density at radius 2 is 1.92 bits per heavy atom. The van der Waals surface area contributed by atoms with Crippen molar-refractivity contribution in [3.8, 4) is 0 Å². The molecule has 1 rings (SSSR count). The maximum Gasteiger partial charge on any atom is 0.216 e. The van der Waals surface area contributed by atoms with E-state index in [1.165, 1.54) is 12.1 Å². The first-order valence-electron chi connectivity index (χ1n) is 3.83. The highest BCUT2D eigenvalue weighted by molar-refractivity contribution is 7.80. The average molecular weight is 201 g/mol. The Balaban J connectivity index is 2.77. The third-order valence-electron chi connectivity index (χ3n) is 1.39. The molecule has 0 aromatic carbocycles. The normalized spacial score (nSPS) is 11.0. The molecular weight excluding hydrogens is 192 g/mol. The lowest BCUT2D eigenvalue weighted by molar-refractivity contribution is 0.512. The number of thiol groups is 1. The summed E-state index contributed by atoms with van der Waals surface area (Å²) in [6.07, 6.45) is 4.22. The standard InChI is InChI=1S/C9H9F2NS/c10-8-5-7(3-1-2-4-13)6-9(11)12-8/h1,3,5-6,13H,2,4H2. The van der Waals surface area contributed by atoms with E-state index >= 15 is 0 Å². The number of aromatic nitrogens is 1. The molecule has 1 heterocycles. The predicted octanol–water partition coefficient (Wildman–Crippen LogP) is 2.69. The Labute approximate surface area is 80.9 Å². The molecule has 0 fully saturated rings. The van der Waals surface area contributed by atoms with Gasteiger partial charge in [-0.3, -0.25) is 0 Å². The monoisotopic (exact) mass is 201 g/mol. The van der Waals surface area contributed by atoms with Crippen LogP contribution in [-0.4, -0.2) is 10.7 Å². The van der Waals surface area contributed by atoms with Gasteiger partial charge in [-0.2, -0.15) is 26.4 Å². The van der Waals surface area contributed by atoms with Crippen LogP contribution >= 0.6 is 12.6 Å². The molecule has 0 atom stereocenters. The quantitative estimate of drug-likeness (QED) is 0.586. The highest BCUT2D eigenvalue weighted by Crippen LogP contribution is 2.06. The second-order valence-corrected chi connectivity index (χ2v) is 2.91. The van der Waals surface area contributed by atoms with Gasteiger partial charge in [-0.25, -0.2) is 0 Å². The molecule has 70 valence electrons. The molecule has 0 bridgehead atoms. The van der Waals surface area contributed by atoms with E-state index in [1.807, 2.05) is 0 Å². The molecule has 0 aliphatic heterocycles. The molecule has 0 saturated carbocycles. The summed E-state index contributed by atoms with van der Waals surface area (Å²) < 4.78 is 25.1. The summed E-state index contributed by atoms with van der Waals surface area (Å²) in [7, 11) is 0. The Hall–Kier alpha value is -0.900. The van der Waals surface area contributed by atoms with Gasteiger partial charge in [0.15, 0.2) is 0 Å². The van der Waals surface area contributed by atoms with Gasteiger partial charge >= 0.3 is 0 Å². The van der Waals surface area contributed by atoms with Gasteiger partial charge in [0.05, 0.1) is 0 Å². The van der Waals surface area contributed by atoms with Crippen molar-refractivity contribution in [3.05, 3.63) is 35.7 Å². The van der Waals surface area contributed by atoms with Crippen molar-refractivity contribution in [2.75, 3.05) is 5.75 Å². The number of hydrogen-bond acceptors (Lipinski definition) is 2. The Morgan fingerprint density at radius 3 is 2.46 bits per heavy atom. The minimum absolute atomic E-state index is 0.479. The van der Waals surface area contributed by atoms with Gasteiger partial charge in [-0.05, 0) is 17.7 Å². The highest BCUT2D eigenvalue weighted by atomic mass is 32.1. The van der Waals surface area contributed by atoms with Gasteiger partial charge in [0.1, 0.15) is 0 Å². The number of halogens is 2. The Morgan fingerprint density at radius 1 is 1.31 bits per heavy atom. The SMILES string of the molecule is Fc1cc(C=CCCS)cc(F)n1. The molecule has 13 heavy (non-hydrogen) atoms. The minimum Gasteiger partial charge on any atom is -0.191 e. The van der Waals surface area contributed by atoms with Crippen molar-refractivity contribution in [1.29, 1.82) is 0 Å². The third-order valence-corrected chi connectivity index (χ3v) is 1.65. The zero-order chi connectivity index (χ0) is 9.68. The van der Waals surface area contributed by atoms with Gasteiger partial charge in [0, 0.05) is 12.1 Å². The molecule has 1 aromatic rings. The van der Waals surface area contributed by atoms with E-state index in [1.54, 1.807) is 12.2 Å². The van der Waals surface area contributed by atoms with Gasteiger partial charge in [0.25, 0.3) is 0 Å². The van der Waals surface area contributed by atoms with E-state index < -0.39 is 11.9 Å². The molecule has 0 radical (unpaired) electrons. The lowest BCUT2D eigenvalue weighted by Crippen LogP contribution is -1.88. The first-order chi connectivity index (χ1) is 6.22. The smallest absolute Gasteiger partial charge is 0.191 e. The molecule has 1 nitrogen and oxygen atoms in total. The molecule has 0 aliphatic carbocycles. The Bertz CT molecular complexity index is 292. The first kappa shape index (κ1) is 10.2. The Kier molecular flexibility index (Phi) is 3.89. The van der Waals surface area contributed by atoms with Crippen LogP contribution in [0.3, 0.4) is 0 Å². The van der Waals surface area contributed by atoms with E-state index in [0.717, 1.165) is 6.42 Å². The summed E-state index contributed by atoms with van der Waals surface area (Å²) in [4.78, 5) is 2.98. The zero-order valence-corrected chi connectivity index (χ0v) is 7.77.